The van der Waals surface area contributed by atoms with Crippen LogP contribution in [0.4, 0.5) is 18.0 Å². The number of nitrogens with zero attached hydrogens (tertiary/aromatic N) is 1. The summed E-state index contributed by atoms with van der Waals surface area (Å²) in [7, 11) is 0. The molecule has 5 nitrogen and oxygen atoms in total. The number of carbonyl (C=O) groups excluding carboxylic acids is 1. The van der Waals surface area contributed by atoms with Crippen molar-refractivity contribution in [1.29, 1.82) is 0 Å². The Morgan fingerprint density at radius 1 is 1.19 bits per heavy atom. The van der Waals surface area contributed by atoms with Gasteiger partial charge in [0.25, 0.3) is 0 Å². The van der Waals surface area contributed by atoms with E-state index < -0.39 is 29.6 Å². The summed E-state index contributed by atoms with van der Waals surface area (Å²) < 4.78 is 37.7. The number of carbonyl (C=O) groups is 2. The van der Waals surface area contributed by atoms with Crippen molar-refractivity contribution in [2.24, 2.45) is 5.92 Å². The molecule has 0 saturated carbocycles. The monoisotopic (exact) mass is 310 g/mol. The van der Waals surface area contributed by atoms with Crippen LogP contribution in [0.2, 0.25) is 0 Å². The maximum absolute atomic E-state index is 12.6. The van der Waals surface area contributed by atoms with Crippen molar-refractivity contribution in [2.45, 2.75) is 51.2 Å². The zero-order valence-electron chi connectivity index (χ0n) is 12.2. The molecule has 1 saturated heterocycles. The zero-order chi connectivity index (χ0) is 16.3. The Morgan fingerprint density at radius 3 is 2.00 bits per heavy atom. The van der Waals surface area contributed by atoms with E-state index in [0.717, 1.165) is 0 Å². The van der Waals surface area contributed by atoms with Gasteiger partial charge in [-0.3, -0.25) is 0 Å². The van der Waals surface area contributed by atoms with Gasteiger partial charge in [-0.15, -0.1) is 0 Å². The van der Waals surface area contributed by atoms with E-state index in [9.17, 15) is 27.9 Å². The third-order valence-corrected chi connectivity index (χ3v) is 4.21. The molecule has 1 fully saturated rings. The molecule has 0 unspecified atom stereocenters. The summed E-state index contributed by atoms with van der Waals surface area (Å²) in [6.07, 6.45) is -4.10. The normalized spacial score (nSPS) is 17.7. The number of carboxylic acids is 1. The Hall–Kier alpha value is -1.47. The second kappa shape index (κ2) is 6.53. The van der Waals surface area contributed by atoms with Crippen molar-refractivity contribution >= 4 is 12.0 Å². The first kappa shape index (κ1) is 17.6. The number of urea groups is 1. The van der Waals surface area contributed by atoms with E-state index in [1.54, 1.807) is 13.8 Å². The van der Waals surface area contributed by atoms with Crippen molar-refractivity contribution in [3.63, 3.8) is 0 Å². The van der Waals surface area contributed by atoms with Crippen LogP contribution >= 0.6 is 0 Å². The Kier molecular flexibility index (Phi) is 5.47. The van der Waals surface area contributed by atoms with E-state index in [0.29, 0.717) is 0 Å². The van der Waals surface area contributed by atoms with Crippen LogP contribution in [0.1, 0.15) is 39.5 Å². The quantitative estimate of drug-likeness (QED) is 0.838. The summed E-state index contributed by atoms with van der Waals surface area (Å²) in [4.78, 5) is 24.6. The molecule has 2 N–H and O–H groups in total. The Bertz CT molecular complexity index is 387. The van der Waals surface area contributed by atoms with Crippen LogP contribution in [0.5, 0.6) is 0 Å². The summed E-state index contributed by atoms with van der Waals surface area (Å²) in [5.41, 5.74) is -1.36. The molecule has 0 spiro atoms. The van der Waals surface area contributed by atoms with Crippen LogP contribution in [0.15, 0.2) is 0 Å². The molecule has 8 heteroatoms. The molecular formula is C13H21F3N2O3. The fraction of sp³-hybridized carbons (Fsp3) is 0.846. The number of amides is 2. The van der Waals surface area contributed by atoms with Gasteiger partial charge >= 0.3 is 18.2 Å². The van der Waals surface area contributed by atoms with Gasteiger partial charge < -0.3 is 15.3 Å². The van der Waals surface area contributed by atoms with Crippen LogP contribution in [-0.2, 0) is 4.79 Å². The van der Waals surface area contributed by atoms with Gasteiger partial charge in [0.1, 0.15) is 5.54 Å². The zero-order valence-corrected chi connectivity index (χ0v) is 12.2. The van der Waals surface area contributed by atoms with Crippen LogP contribution in [0, 0.1) is 5.92 Å². The minimum atomic E-state index is -4.24. The summed E-state index contributed by atoms with van der Waals surface area (Å²) in [6, 6.07) is -0.610. The molecule has 0 aromatic rings. The van der Waals surface area contributed by atoms with Gasteiger partial charge in [-0.05, 0) is 25.7 Å². The number of piperidine rings is 1. The van der Waals surface area contributed by atoms with E-state index in [-0.39, 0.29) is 38.8 Å². The summed E-state index contributed by atoms with van der Waals surface area (Å²) in [5, 5.41) is 11.7. The number of alkyl halides is 3. The van der Waals surface area contributed by atoms with Crippen molar-refractivity contribution in [3.8, 4) is 0 Å². The van der Waals surface area contributed by atoms with Gasteiger partial charge in [0.2, 0.25) is 0 Å². The molecule has 0 radical (unpaired) electrons. The van der Waals surface area contributed by atoms with E-state index in [1.165, 1.54) is 4.90 Å². The summed E-state index contributed by atoms with van der Waals surface area (Å²) >= 11 is 0. The number of rotatable bonds is 4. The molecule has 0 aromatic carbocycles. The van der Waals surface area contributed by atoms with E-state index in [2.05, 4.69) is 5.32 Å². The number of likely N-dealkylation sites (tertiary alicyclic amines) is 1. The lowest BCUT2D eigenvalue weighted by Gasteiger charge is -2.36. The first-order valence-electron chi connectivity index (χ1n) is 7.03. The van der Waals surface area contributed by atoms with Crippen LogP contribution in [0.25, 0.3) is 0 Å². The SMILES string of the molecule is CCC(CC)(NC(=O)N1CCC(C(F)(F)F)CC1)C(=O)O. The lowest BCUT2D eigenvalue weighted by Crippen LogP contribution is -2.58. The predicted molar refractivity (Wildman–Crippen MR) is 69.8 cm³/mol. The highest BCUT2D eigenvalue weighted by Gasteiger charge is 2.43. The van der Waals surface area contributed by atoms with Gasteiger partial charge in [0, 0.05) is 13.1 Å². The molecule has 1 aliphatic heterocycles. The van der Waals surface area contributed by atoms with Gasteiger partial charge in [-0.25, -0.2) is 9.59 Å². The second-order valence-electron chi connectivity index (χ2n) is 5.33. The highest BCUT2D eigenvalue weighted by molar-refractivity contribution is 5.86. The average Bonchev–Trinajstić information content (AvgIpc) is 2.43. The van der Waals surface area contributed by atoms with Crippen molar-refractivity contribution in [1.82, 2.24) is 10.2 Å². The summed E-state index contributed by atoms with van der Waals surface area (Å²) in [6.45, 7) is 3.26. The number of hydrogen-bond acceptors (Lipinski definition) is 2. The molecule has 1 heterocycles. The maximum atomic E-state index is 12.6. The second-order valence-corrected chi connectivity index (χ2v) is 5.33. The van der Waals surface area contributed by atoms with Gasteiger partial charge in [-0.2, -0.15) is 13.2 Å². The van der Waals surface area contributed by atoms with Crippen molar-refractivity contribution in [2.75, 3.05) is 13.1 Å². The van der Waals surface area contributed by atoms with E-state index in [4.69, 9.17) is 0 Å². The van der Waals surface area contributed by atoms with Gasteiger partial charge in [0.15, 0.2) is 0 Å². The third kappa shape index (κ3) is 4.01. The van der Waals surface area contributed by atoms with Crippen molar-refractivity contribution in [3.05, 3.63) is 0 Å². The van der Waals surface area contributed by atoms with E-state index >= 15 is 0 Å². The largest absolute Gasteiger partial charge is 0.480 e. The molecular weight excluding hydrogens is 289 g/mol. The summed E-state index contributed by atoms with van der Waals surface area (Å²) in [5.74, 6) is -2.52. The molecule has 0 aliphatic carbocycles. The number of aliphatic carboxylic acids is 1. The number of hydrogen-bond donors (Lipinski definition) is 2. The smallest absolute Gasteiger partial charge is 0.391 e. The minimum absolute atomic E-state index is 0.0147. The molecule has 1 aliphatic rings. The molecule has 1 rings (SSSR count). The van der Waals surface area contributed by atoms with Crippen LogP contribution in [-0.4, -0.2) is 46.8 Å². The molecule has 21 heavy (non-hydrogen) atoms. The van der Waals surface area contributed by atoms with E-state index in [1.807, 2.05) is 0 Å². The highest BCUT2D eigenvalue weighted by Crippen LogP contribution is 2.34. The first-order valence-corrected chi connectivity index (χ1v) is 7.03. The van der Waals surface area contributed by atoms with Crippen LogP contribution in [0.3, 0.4) is 0 Å². The Labute approximate surface area is 121 Å². The van der Waals surface area contributed by atoms with Crippen molar-refractivity contribution < 1.29 is 27.9 Å². The van der Waals surface area contributed by atoms with Gasteiger partial charge in [0.05, 0.1) is 5.92 Å². The molecule has 122 valence electrons. The lowest BCUT2D eigenvalue weighted by atomic mass is 9.93. The fourth-order valence-corrected chi connectivity index (χ4v) is 2.48. The fourth-order valence-electron chi connectivity index (χ4n) is 2.48. The number of nitrogens with one attached hydrogen (secondary N) is 1. The molecule has 0 bridgehead atoms. The Morgan fingerprint density at radius 2 is 1.67 bits per heavy atom. The molecule has 0 atom stereocenters. The first-order chi connectivity index (χ1) is 9.66. The third-order valence-electron chi connectivity index (χ3n) is 4.21. The Balaban J connectivity index is 2.64. The maximum Gasteiger partial charge on any atom is 0.391 e. The van der Waals surface area contributed by atoms with Crippen LogP contribution < -0.4 is 5.32 Å². The number of halogens is 3. The lowest BCUT2D eigenvalue weighted by molar-refractivity contribution is -0.183. The molecule has 2 amide bonds. The topological polar surface area (TPSA) is 69.6 Å². The molecule has 0 aromatic heterocycles. The average molecular weight is 310 g/mol. The van der Waals surface area contributed by atoms with Gasteiger partial charge in [-0.1, -0.05) is 13.8 Å². The minimum Gasteiger partial charge on any atom is -0.480 e. The number of carboxylic acid groups (broad SMARTS) is 1. The predicted octanol–water partition coefficient (Wildman–Crippen LogP) is 2.61. The highest BCUT2D eigenvalue weighted by atomic mass is 19.4. The standard InChI is InChI=1S/C13H21F3N2O3/c1-3-12(4-2,10(19)20)17-11(21)18-7-5-9(6-8-18)13(14,15)16/h9H,3-8H2,1-2H3,(H,17,21)(H,19,20).